The number of carbonyl (C=O) groups excluding carboxylic acids is 2. The van der Waals surface area contributed by atoms with Crippen LogP contribution in [-0.4, -0.2) is 25.0 Å². The lowest BCUT2D eigenvalue weighted by atomic mass is 9.85. The van der Waals surface area contributed by atoms with E-state index in [2.05, 4.69) is 5.32 Å². The van der Waals surface area contributed by atoms with Crippen LogP contribution in [0.4, 0.5) is 4.39 Å². The molecule has 0 radical (unpaired) electrons. The van der Waals surface area contributed by atoms with Crippen LogP contribution in [0, 0.1) is 11.7 Å². The van der Waals surface area contributed by atoms with Gasteiger partial charge in [-0.1, -0.05) is 18.0 Å². The molecule has 0 saturated heterocycles. The summed E-state index contributed by atoms with van der Waals surface area (Å²) in [6.07, 6.45) is 2.88. The van der Waals surface area contributed by atoms with Gasteiger partial charge in [0.25, 0.3) is 5.91 Å². The average molecular weight is 314 g/mol. The van der Waals surface area contributed by atoms with Crippen LogP contribution in [0.3, 0.4) is 0 Å². The fourth-order valence-corrected chi connectivity index (χ4v) is 2.80. The van der Waals surface area contributed by atoms with Crippen LogP contribution in [0.15, 0.2) is 18.2 Å². The van der Waals surface area contributed by atoms with E-state index in [4.69, 9.17) is 16.3 Å². The van der Waals surface area contributed by atoms with E-state index in [-0.39, 0.29) is 28.5 Å². The van der Waals surface area contributed by atoms with Gasteiger partial charge in [-0.25, -0.2) is 4.39 Å². The second kappa shape index (κ2) is 6.89. The van der Waals surface area contributed by atoms with Gasteiger partial charge in [-0.05, 0) is 37.5 Å². The highest BCUT2D eigenvalue weighted by molar-refractivity contribution is 6.30. The van der Waals surface area contributed by atoms with Crippen molar-refractivity contribution < 1.29 is 18.7 Å². The average Bonchev–Trinajstić information content (AvgIpc) is 2.46. The van der Waals surface area contributed by atoms with E-state index >= 15 is 0 Å². The van der Waals surface area contributed by atoms with E-state index in [9.17, 15) is 14.0 Å². The first-order valence-corrected chi connectivity index (χ1v) is 7.22. The molecule has 114 valence electrons. The molecule has 1 aromatic carbocycles. The molecule has 2 unspecified atom stereocenters. The van der Waals surface area contributed by atoms with Crippen LogP contribution in [-0.2, 0) is 9.53 Å². The van der Waals surface area contributed by atoms with Crippen molar-refractivity contribution >= 4 is 23.5 Å². The lowest BCUT2D eigenvalue weighted by molar-refractivity contribution is -0.146. The van der Waals surface area contributed by atoms with Crippen molar-refractivity contribution in [2.75, 3.05) is 7.11 Å². The largest absolute Gasteiger partial charge is 0.469 e. The van der Waals surface area contributed by atoms with Gasteiger partial charge in [0.05, 0.1) is 18.6 Å². The molecule has 0 bridgehead atoms. The molecule has 2 atom stereocenters. The quantitative estimate of drug-likeness (QED) is 0.873. The third kappa shape index (κ3) is 3.94. The molecule has 1 amide bonds. The van der Waals surface area contributed by atoms with Gasteiger partial charge >= 0.3 is 5.97 Å². The lowest BCUT2D eigenvalue weighted by Gasteiger charge is -2.28. The molecule has 1 N–H and O–H groups in total. The van der Waals surface area contributed by atoms with Crippen molar-refractivity contribution in [2.45, 2.75) is 31.7 Å². The fourth-order valence-electron chi connectivity index (χ4n) is 2.64. The molecule has 0 heterocycles. The highest BCUT2D eigenvalue weighted by Crippen LogP contribution is 2.25. The number of esters is 1. The minimum absolute atomic E-state index is 0.0420. The smallest absolute Gasteiger partial charge is 0.308 e. The minimum Gasteiger partial charge on any atom is -0.469 e. The monoisotopic (exact) mass is 313 g/mol. The molecule has 0 spiro atoms. The molecule has 0 aliphatic heterocycles. The SMILES string of the molecule is COC(=O)C1CCCC(NC(=O)c2ccc(Cl)cc2F)C1. The normalized spacial score (nSPS) is 21.7. The standard InChI is InChI=1S/C15H17ClFNO3/c1-21-15(20)9-3-2-4-11(7-9)18-14(19)12-6-5-10(16)8-13(12)17/h5-6,8-9,11H,2-4,7H2,1H3,(H,18,19). The Morgan fingerprint density at radius 2 is 2.14 bits per heavy atom. The first-order valence-electron chi connectivity index (χ1n) is 6.85. The van der Waals surface area contributed by atoms with Crippen molar-refractivity contribution in [2.24, 2.45) is 5.92 Å². The Labute approximate surface area is 127 Å². The Kier molecular flexibility index (Phi) is 5.17. The van der Waals surface area contributed by atoms with Gasteiger partial charge in [0.15, 0.2) is 0 Å². The highest BCUT2D eigenvalue weighted by Gasteiger charge is 2.29. The zero-order valence-electron chi connectivity index (χ0n) is 11.7. The molecule has 1 aliphatic rings. The van der Waals surface area contributed by atoms with Crippen LogP contribution in [0.2, 0.25) is 5.02 Å². The molecule has 2 rings (SSSR count). The zero-order chi connectivity index (χ0) is 15.4. The third-order valence-corrected chi connectivity index (χ3v) is 3.95. The summed E-state index contributed by atoms with van der Waals surface area (Å²) in [5.41, 5.74) is -0.0420. The highest BCUT2D eigenvalue weighted by atomic mass is 35.5. The van der Waals surface area contributed by atoms with E-state index in [1.807, 2.05) is 0 Å². The topological polar surface area (TPSA) is 55.4 Å². The summed E-state index contributed by atoms with van der Waals surface area (Å²) in [4.78, 5) is 23.6. The first-order chi connectivity index (χ1) is 10.0. The molecule has 0 aromatic heterocycles. The second-order valence-corrected chi connectivity index (χ2v) is 5.62. The predicted molar refractivity (Wildman–Crippen MR) is 76.6 cm³/mol. The number of hydrogen-bond donors (Lipinski definition) is 1. The van der Waals surface area contributed by atoms with E-state index in [0.29, 0.717) is 6.42 Å². The maximum atomic E-state index is 13.7. The van der Waals surface area contributed by atoms with E-state index < -0.39 is 11.7 Å². The Hall–Kier alpha value is -1.62. The van der Waals surface area contributed by atoms with Gasteiger partial charge in [0.2, 0.25) is 0 Å². The van der Waals surface area contributed by atoms with Crippen molar-refractivity contribution in [3.8, 4) is 0 Å². The number of halogens is 2. The van der Waals surface area contributed by atoms with Gasteiger partial charge < -0.3 is 10.1 Å². The summed E-state index contributed by atoms with van der Waals surface area (Å²) < 4.78 is 18.4. The van der Waals surface area contributed by atoms with Gasteiger partial charge in [0, 0.05) is 11.1 Å². The number of nitrogens with one attached hydrogen (secondary N) is 1. The Balaban J connectivity index is 2.00. The lowest BCUT2D eigenvalue weighted by Crippen LogP contribution is -2.40. The maximum absolute atomic E-state index is 13.7. The Morgan fingerprint density at radius 1 is 1.38 bits per heavy atom. The number of benzene rings is 1. The molecule has 4 nitrogen and oxygen atoms in total. The predicted octanol–water partition coefficient (Wildman–Crippen LogP) is 2.94. The summed E-state index contributed by atoms with van der Waals surface area (Å²) in [5.74, 6) is -1.60. The summed E-state index contributed by atoms with van der Waals surface area (Å²) in [5, 5.41) is 3.02. The number of methoxy groups -OCH3 is 1. The Morgan fingerprint density at radius 3 is 2.81 bits per heavy atom. The van der Waals surface area contributed by atoms with Crippen LogP contribution < -0.4 is 5.32 Å². The number of hydrogen-bond acceptors (Lipinski definition) is 3. The fraction of sp³-hybridized carbons (Fsp3) is 0.467. The zero-order valence-corrected chi connectivity index (χ0v) is 12.5. The van der Waals surface area contributed by atoms with Gasteiger partial charge in [-0.2, -0.15) is 0 Å². The number of amides is 1. The molecule has 1 saturated carbocycles. The molecular weight excluding hydrogens is 297 g/mol. The van der Waals surface area contributed by atoms with Crippen molar-refractivity contribution in [3.05, 3.63) is 34.6 Å². The minimum atomic E-state index is -0.652. The van der Waals surface area contributed by atoms with Gasteiger partial charge in [-0.15, -0.1) is 0 Å². The summed E-state index contributed by atoms with van der Waals surface area (Å²) in [6.45, 7) is 0. The summed E-state index contributed by atoms with van der Waals surface area (Å²) >= 11 is 5.66. The van der Waals surface area contributed by atoms with Crippen LogP contribution in [0.1, 0.15) is 36.0 Å². The Bertz CT molecular complexity index is 550. The van der Waals surface area contributed by atoms with Crippen molar-refractivity contribution in [1.82, 2.24) is 5.32 Å². The maximum Gasteiger partial charge on any atom is 0.308 e. The van der Waals surface area contributed by atoms with Crippen molar-refractivity contribution in [1.29, 1.82) is 0 Å². The third-order valence-electron chi connectivity index (χ3n) is 3.72. The van der Waals surface area contributed by atoms with Crippen LogP contribution >= 0.6 is 11.6 Å². The van der Waals surface area contributed by atoms with Crippen LogP contribution in [0.5, 0.6) is 0 Å². The summed E-state index contributed by atoms with van der Waals surface area (Å²) in [7, 11) is 1.35. The molecule has 1 aromatic rings. The molecule has 6 heteroatoms. The molecule has 21 heavy (non-hydrogen) atoms. The molecular formula is C15H17ClFNO3. The number of rotatable bonds is 3. The van der Waals surface area contributed by atoms with Crippen LogP contribution in [0.25, 0.3) is 0 Å². The van der Waals surface area contributed by atoms with Gasteiger partial charge in [-0.3, -0.25) is 9.59 Å². The number of carbonyl (C=O) groups is 2. The van der Waals surface area contributed by atoms with E-state index in [0.717, 1.165) is 25.3 Å². The molecule has 1 fully saturated rings. The van der Waals surface area contributed by atoms with Crippen molar-refractivity contribution in [3.63, 3.8) is 0 Å². The number of ether oxygens (including phenoxy) is 1. The summed E-state index contributed by atoms with van der Waals surface area (Å²) in [6, 6.07) is 3.78. The van der Waals surface area contributed by atoms with E-state index in [1.165, 1.54) is 19.2 Å². The first kappa shape index (κ1) is 15.8. The van der Waals surface area contributed by atoms with E-state index in [1.54, 1.807) is 0 Å². The van der Waals surface area contributed by atoms with Gasteiger partial charge in [0.1, 0.15) is 5.82 Å². The molecule has 1 aliphatic carbocycles. The second-order valence-electron chi connectivity index (χ2n) is 5.18.